The zero-order valence-electron chi connectivity index (χ0n) is 11.9. The SMILES string of the molecule is CCCCCN(C)c1cc(NC)nc(COC)n1. The lowest BCUT2D eigenvalue weighted by atomic mass is 10.2. The topological polar surface area (TPSA) is 50.3 Å². The molecule has 0 aliphatic rings. The summed E-state index contributed by atoms with van der Waals surface area (Å²) < 4.78 is 5.09. The van der Waals surface area contributed by atoms with E-state index in [0.717, 1.165) is 18.2 Å². The minimum Gasteiger partial charge on any atom is -0.377 e. The molecule has 1 aromatic rings. The van der Waals surface area contributed by atoms with Gasteiger partial charge >= 0.3 is 0 Å². The van der Waals surface area contributed by atoms with Gasteiger partial charge in [-0.05, 0) is 6.42 Å². The molecule has 0 aliphatic carbocycles. The van der Waals surface area contributed by atoms with Crippen molar-refractivity contribution in [3.05, 3.63) is 11.9 Å². The Labute approximate surface area is 110 Å². The smallest absolute Gasteiger partial charge is 0.158 e. The molecule has 5 heteroatoms. The van der Waals surface area contributed by atoms with Crippen LogP contribution in [0.15, 0.2) is 6.07 Å². The van der Waals surface area contributed by atoms with E-state index in [1.807, 2.05) is 13.1 Å². The highest BCUT2D eigenvalue weighted by Crippen LogP contribution is 2.15. The van der Waals surface area contributed by atoms with Crippen molar-refractivity contribution in [2.24, 2.45) is 0 Å². The van der Waals surface area contributed by atoms with Gasteiger partial charge in [0.1, 0.15) is 18.2 Å². The van der Waals surface area contributed by atoms with Gasteiger partial charge in [-0.25, -0.2) is 9.97 Å². The molecule has 0 aromatic carbocycles. The van der Waals surface area contributed by atoms with Crippen molar-refractivity contribution in [1.29, 1.82) is 0 Å². The molecule has 0 radical (unpaired) electrons. The molecule has 5 nitrogen and oxygen atoms in total. The molecule has 1 N–H and O–H groups in total. The molecule has 18 heavy (non-hydrogen) atoms. The van der Waals surface area contributed by atoms with E-state index in [1.165, 1.54) is 19.3 Å². The Balaban J connectivity index is 2.75. The summed E-state index contributed by atoms with van der Waals surface area (Å²) in [5, 5.41) is 3.05. The van der Waals surface area contributed by atoms with Crippen molar-refractivity contribution in [3.63, 3.8) is 0 Å². The van der Waals surface area contributed by atoms with E-state index >= 15 is 0 Å². The lowest BCUT2D eigenvalue weighted by Crippen LogP contribution is -2.21. The fourth-order valence-electron chi connectivity index (χ4n) is 1.71. The van der Waals surface area contributed by atoms with Crippen LogP contribution in [-0.4, -0.2) is 37.7 Å². The predicted molar refractivity (Wildman–Crippen MR) is 75.1 cm³/mol. The summed E-state index contributed by atoms with van der Waals surface area (Å²) in [6, 6.07) is 1.96. The lowest BCUT2D eigenvalue weighted by molar-refractivity contribution is 0.178. The Morgan fingerprint density at radius 2 is 2.11 bits per heavy atom. The van der Waals surface area contributed by atoms with Crippen LogP contribution in [0.1, 0.15) is 32.0 Å². The summed E-state index contributed by atoms with van der Waals surface area (Å²) in [6.45, 7) is 3.66. The number of nitrogens with one attached hydrogen (secondary N) is 1. The highest BCUT2D eigenvalue weighted by atomic mass is 16.5. The van der Waals surface area contributed by atoms with Crippen LogP contribution < -0.4 is 10.2 Å². The first kappa shape index (κ1) is 14.7. The first-order valence-corrected chi connectivity index (χ1v) is 6.47. The Hall–Kier alpha value is -1.36. The van der Waals surface area contributed by atoms with Gasteiger partial charge in [0, 0.05) is 33.8 Å². The van der Waals surface area contributed by atoms with E-state index in [4.69, 9.17) is 4.74 Å². The Morgan fingerprint density at radius 1 is 1.33 bits per heavy atom. The molecule has 0 amide bonds. The maximum atomic E-state index is 5.09. The molecular weight excluding hydrogens is 228 g/mol. The van der Waals surface area contributed by atoms with Crippen LogP contribution in [0.3, 0.4) is 0 Å². The highest BCUT2D eigenvalue weighted by molar-refractivity contribution is 5.48. The number of hydrogen-bond acceptors (Lipinski definition) is 5. The predicted octanol–water partition coefficient (Wildman–Crippen LogP) is 2.29. The summed E-state index contributed by atoms with van der Waals surface area (Å²) in [4.78, 5) is 11.0. The van der Waals surface area contributed by atoms with E-state index in [0.29, 0.717) is 12.4 Å². The molecule has 1 aromatic heterocycles. The zero-order chi connectivity index (χ0) is 13.4. The van der Waals surface area contributed by atoms with Crippen LogP contribution in [0.2, 0.25) is 0 Å². The van der Waals surface area contributed by atoms with E-state index in [1.54, 1.807) is 7.11 Å². The summed E-state index contributed by atoms with van der Waals surface area (Å²) in [5.41, 5.74) is 0. The third kappa shape index (κ3) is 4.49. The highest BCUT2D eigenvalue weighted by Gasteiger charge is 2.07. The molecule has 1 rings (SSSR count). The summed E-state index contributed by atoms with van der Waals surface area (Å²) in [7, 11) is 5.58. The van der Waals surface area contributed by atoms with Crippen LogP contribution in [0.4, 0.5) is 11.6 Å². The number of hydrogen-bond donors (Lipinski definition) is 1. The van der Waals surface area contributed by atoms with Crippen LogP contribution in [-0.2, 0) is 11.3 Å². The van der Waals surface area contributed by atoms with Gasteiger partial charge in [-0.2, -0.15) is 0 Å². The quantitative estimate of drug-likeness (QED) is 0.719. The van der Waals surface area contributed by atoms with E-state index in [2.05, 4.69) is 34.2 Å². The Morgan fingerprint density at radius 3 is 2.72 bits per heavy atom. The van der Waals surface area contributed by atoms with E-state index in [9.17, 15) is 0 Å². The molecule has 0 bridgehead atoms. The number of anilines is 2. The first-order valence-electron chi connectivity index (χ1n) is 6.47. The third-order valence-corrected chi connectivity index (χ3v) is 2.78. The molecule has 0 atom stereocenters. The number of nitrogens with zero attached hydrogens (tertiary/aromatic N) is 3. The minimum atomic E-state index is 0.436. The monoisotopic (exact) mass is 252 g/mol. The zero-order valence-corrected chi connectivity index (χ0v) is 11.9. The van der Waals surface area contributed by atoms with Crippen molar-refractivity contribution in [1.82, 2.24) is 9.97 Å². The second-order valence-electron chi connectivity index (χ2n) is 4.34. The molecule has 0 unspecified atom stereocenters. The fraction of sp³-hybridized carbons (Fsp3) is 0.692. The average molecular weight is 252 g/mol. The Kier molecular flexibility index (Phi) is 6.43. The normalized spacial score (nSPS) is 10.4. The van der Waals surface area contributed by atoms with Crippen molar-refractivity contribution < 1.29 is 4.74 Å². The summed E-state index contributed by atoms with van der Waals surface area (Å²) in [5.74, 6) is 2.48. The molecule has 1 heterocycles. The maximum absolute atomic E-state index is 5.09. The number of ether oxygens (including phenoxy) is 1. The van der Waals surface area contributed by atoms with Crippen LogP contribution in [0.5, 0.6) is 0 Å². The molecule has 0 spiro atoms. The number of unbranched alkanes of at least 4 members (excludes halogenated alkanes) is 2. The summed E-state index contributed by atoms with van der Waals surface area (Å²) >= 11 is 0. The molecule has 0 aliphatic heterocycles. The van der Waals surface area contributed by atoms with Gasteiger partial charge in [0.2, 0.25) is 0 Å². The van der Waals surface area contributed by atoms with Gasteiger partial charge in [-0.3, -0.25) is 0 Å². The molecular formula is C13H24N4O. The third-order valence-electron chi connectivity index (χ3n) is 2.78. The standard InChI is InChI=1S/C13H24N4O/c1-5-6-7-8-17(3)13-9-11(14-2)15-12(16-13)10-18-4/h9H,5-8,10H2,1-4H3,(H,14,15,16). The molecule has 102 valence electrons. The van der Waals surface area contributed by atoms with Gasteiger partial charge in [0.05, 0.1) is 0 Å². The summed E-state index contributed by atoms with van der Waals surface area (Å²) in [6.07, 6.45) is 3.67. The number of rotatable bonds is 8. The Bertz CT molecular complexity index is 357. The van der Waals surface area contributed by atoms with Crippen molar-refractivity contribution in [2.75, 3.05) is 38.0 Å². The number of aromatic nitrogens is 2. The van der Waals surface area contributed by atoms with Gasteiger partial charge in [-0.1, -0.05) is 19.8 Å². The van der Waals surface area contributed by atoms with Crippen molar-refractivity contribution >= 4 is 11.6 Å². The van der Waals surface area contributed by atoms with Gasteiger partial charge < -0.3 is 15.0 Å². The molecule has 0 fully saturated rings. The van der Waals surface area contributed by atoms with Gasteiger partial charge in [0.15, 0.2) is 5.82 Å². The fourth-order valence-corrected chi connectivity index (χ4v) is 1.71. The van der Waals surface area contributed by atoms with Crippen LogP contribution in [0, 0.1) is 0 Å². The largest absolute Gasteiger partial charge is 0.377 e. The average Bonchev–Trinajstić information content (AvgIpc) is 2.39. The van der Waals surface area contributed by atoms with E-state index in [-0.39, 0.29) is 0 Å². The van der Waals surface area contributed by atoms with Crippen molar-refractivity contribution in [3.8, 4) is 0 Å². The maximum Gasteiger partial charge on any atom is 0.158 e. The molecule has 0 saturated carbocycles. The number of methoxy groups -OCH3 is 1. The minimum absolute atomic E-state index is 0.436. The van der Waals surface area contributed by atoms with Gasteiger partial charge in [0.25, 0.3) is 0 Å². The van der Waals surface area contributed by atoms with Crippen LogP contribution >= 0.6 is 0 Å². The van der Waals surface area contributed by atoms with Crippen LogP contribution in [0.25, 0.3) is 0 Å². The first-order chi connectivity index (χ1) is 8.71. The lowest BCUT2D eigenvalue weighted by Gasteiger charge is -2.19. The second-order valence-corrected chi connectivity index (χ2v) is 4.34. The van der Waals surface area contributed by atoms with E-state index < -0.39 is 0 Å². The van der Waals surface area contributed by atoms with Gasteiger partial charge in [-0.15, -0.1) is 0 Å². The molecule has 0 saturated heterocycles. The van der Waals surface area contributed by atoms with Crippen molar-refractivity contribution in [2.45, 2.75) is 32.8 Å². The second kappa shape index (κ2) is 7.87.